The summed E-state index contributed by atoms with van der Waals surface area (Å²) in [6, 6.07) is 11.8. The van der Waals surface area contributed by atoms with Gasteiger partial charge in [0.05, 0.1) is 32.0 Å². The van der Waals surface area contributed by atoms with Gasteiger partial charge < -0.3 is 29.7 Å². The Morgan fingerprint density at radius 1 is 1.06 bits per heavy atom. The molecule has 0 radical (unpaired) electrons. The number of benzene rings is 2. The van der Waals surface area contributed by atoms with E-state index in [0.29, 0.717) is 36.7 Å². The number of hydrogen-bond acceptors (Lipinski definition) is 6. The van der Waals surface area contributed by atoms with Crippen LogP contribution in [0.15, 0.2) is 41.5 Å². The minimum Gasteiger partial charge on any atom is -0.493 e. The molecule has 3 atom stereocenters. The SMILES string of the molecule is CNC(=O)N1N=C(c2ccc(N3C[C@@H]4C[C@H]3CN4C(=O)O)cc2)c2cc(OC)c(OC)cc2CC1C. The van der Waals surface area contributed by atoms with Gasteiger partial charge in [0, 0.05) is 43.0 Å². The Balaban J connectivity index is 1.52. The van der Waals surface area contributed by atoms with Gasteiger partial charge in [-0.1, -0.05) is 12.1 Å². The van der Waals surface area contributed by atoms with Crippen molar-refractivity contribution in [3.63, 3.8) is 0 Å². The zero-order valence-corrected chi connectivity index (χ0v) is 20.9. The summed E-state index contributed by atoms with van der Waals surface area (Å²) in [5.74, 6) is 1.23. The van der Waals surface area contributed by atoms with Crippen molar-refractivity contribution in [1.29, 1.82) is 0 Å². The molecule has 10 heteroatoms. The molecule has 2 bridgehead atoms. The molecule has 0 aliphatic carbocycles. The molecule has 1 unspecified atom stereocenters. The van der Waals surface area contributed by atoms with E-state index in [9.17, 15) is 14.7 Å². The van der Waals surface area contributed by atoms with E-state index >= 15 is 0 Å². The van der Waals surface area contributed by atoms with Crippen LogP contribution in [0.2, 0.25) is 0 Å². The highest BCUT2D eigenvalue weighted by Crippen LogP contribution is 2.37. The molecule has 2 saturated heterocycles. The van der Waals surface area contributed by atoms with Crippen LogP contribution in [0.1, 0.15) is 30.0 Å². The lowest BCUT2D eigenvalue weighted by Crippen LogP contribution is -2.48. The lowest BCUT2D eigenvalue weighted by molar-refractivity contribution is 0.137. The predicted octanol–water partition coefficient (Wildman–Crippen LogP) is 2.98. The first kappa shape index (κ1) is 23.8. The first-order valence-corrected chi connectivity index (χ1v) is 12.1. The second kappa shape index (κ2) is 9.25. The third kappa shape index (κ3) is 3.96. The molecule has 3 amide bonds. The highest BCUT2D eigenvalue weighted by atomic mass is 16.5. The minimum absolute atomic E-state index is 0.0373. The molecule has 36 heavy (non-hydrogen) atoms. The van der Waals surface area contributed by atoms with Crippen LogP contribution in [0.5, 0.6) is 11.5 Å². The van der Waals surface area contributed by atoms with Crippen LogP contribution >= 0.6 is 0 Å². The van der Waals surface area contributed by atoms with Crippen LogP contribution in [-0.4, -0.2) is 85.3 Å². The van der Waals surface area contributed by atoms with Crippen molar-refractivity contribution in [3.05, 3.63) is 53.1 Å². The van der Waals surface area contributed by atoms with Crippen LogP contribution in [-0.2, 0) is 6.42 Å². The number of carboxylic acid groups (broad SMARTS) is 1. The van der Waals surface area contributed by atoms with Gasteiger partial charge in [0.15, 0.2) is 11.5 Å². The average molecular weight is 494 g/mol. The predicted molar refractivity (Wildman–Crippen MR) is 135 cm³/mol. The minimum atomic E-state index is -0.843. The summed E-state index contributed by atoms with van der Waals surface area (Å²) in [4.78, 5) is 27.9. The molecule has 2 N–H and O–H groups in total. The number of rotatable bonds is 4. The van der Waals surface area contributed by atoms with Gasteiger partial charge >= 0.3 is 12.1 Å². The topological polar surface area (TPSA) is 107 Å². The number of ether oxygens (including phenoxy) is 2. The molecule has 0 aromatic heterocycles. The third-order valence-corrected chi connectivity index (χ3v) is 7.39. The lowest BCUT2D eigenvalue weighted by Gasteiger charge is -2.34. The Bertz CT molecular complexity index is 1210. The van der Waals surface area contributed by atoms with Crippen LogP contribution in [0.4, 0.5) is 15.3 Å². The van der Waals surface area contributed by atoms with E-state index in [2.05, 4.69) is 10.2 Å². The number of urea groups is 1. The normalized spacial score (nSPS) is 22.6. The van der Waals surface area contributed by atoms with Gasteiger partial charge in [0.2, 0.25) is 0 Å². The zero-order chi connectivity index (χ0) is 25.6. The van der Waals surface area contributed by atoms with Gasteiger partial charge in [0.1, 0.15) is 0 Å². The van der Waals surface area contributed by atoms with E-state index in [0.717, 1.165) is 28.8 Å². The maximum atomic E-state index is 12.7. The van der Waals surface area contributed by atoms with E-state index in [-0.39, 0.29) is 24.2 Å². The van der Waals surface area contributed by atoms with Gasteiger partial charge in [0.25, 0.3) is 0 Å². The maximum Gasteiger partial charge on any atom is 0.407 e. The van der Waals surface area contributed by atoms with Crippen molar-refractivity contribution >= 4 is 23.5 Å². The Hall–Kier alpha value is -3.95. The number of carbonyl (C=O) groups is 2. The van der Waals surface area contributed by atoms with Crippen LogP contribution < -0.4 is 19.7 Å². The Labute approximate surface area is 210 Å². The Morgan fingerprint density at radius 2 is 1.75 bits per heavy atom. The van der Waals surface area contributed by atoms with E-state index in [4.69, 9.17) is 14.6 Å². The van der Waals surface area contributed by atoms with E-state index in [1.165, 1.54) is 5.01 Å². The number of hydrogen-bond donors (Lipinski definition) is 2. The molecular weight excluding hydrogens is 462 g/mol. The van der Waals surface area contributed by atoms with Crippen molar-refractivity contribution in [3.8, 4) is 11.5 Å². The number of amides is 3. The van der Waals surface area contributed by atoms with Crippen LogP contribution in [0, 0.1) is 0 Å². The summed E-state index contributed by atoms with van der Waals surface area (Å²) in [5, 5.41) is 18.4. The monoisotopic (exact) mass is 493 g/mol. The zero-order valence-electron chi connectivity index (χ0n) is 20.9. The standard InChI is InChI=1S/C26H31N5O5/c1-15-9-17-10-22(35-3)23(36-4)12-21(17)24(28-31(15)25(32)27-2)16-5-7-18(8-6-16)29-13-20-11-19(29)14-30(20)26(33)34/h5-8,10,12,15,19-20H,9,11,13-14H2,1-4H3,(H,27,32)(H,33,34)/t15?,19-,20-/m0/s1. The highest BCUT2D eigenvalue weighted by Gasteiger charge is 2.45. The van der Waals surface area contributed by atoms with Gasteiger partial charge in [-0.25, -0.2) is 14.6 Å². The Kier molecular flexibility index (Phi) is 6.11. The number of anilines is 1. The highest BCUT2D eigenvalue weighted by molar-refractivity contribution is 6.14. The first-order valence-electron chi connectivity index (χ1n) is 12.1. The maximum absolute atomic E-state index is 12.7. The molecule has 3 aliphatic rings. The van der Waals surface area contributed by atoms with Gasteiger partial charge in [-0.15, -0.1) is 0 Å². The molecule has 2 fully saturated rings. The summed E-state index contributed by atoms with van der Waals surface area (Å²) < 4.78 is 11.1. The number of nitrogens with zero attached hydrogens (tertiary/aromatic N) is 4. The molecule has 3 heterocycles. The number of piperazine rings is 1. The molecule has 0 saturated carbocycles. The molecule has 0 spiro atoms. The summed E-state index contributed by atoms with van der Waals surface area (Å²) >= 11 is 0. The van der Waals surface area contributed by atoms with Gasteiger partial charge in [-0.3, -0.25) is 0 Å². The second-order valence-electron chi connectivity index (χ2n) is 9.44. The lowest BCUT2D eigenvalue weighted by atomic mass is 9.94. The molecule has 10 nitrogen and oxygen atoms in total. The van der Waals surface area contributed by atoms with Crippen molar-refractivity contribution in [2.24, 2.45) is 5.10 Å². The number of fused-ring (bicyclic) bond motifs is 3. The van der Waals surface area contributed by atoms with Crippen LogP contribution in [0.25, 0.3) is 0 Å². The van der Waals surface area contributed by atoms with Gasteiger partial charge in [-0.05, 0) is 49.6 Å². The summed E-state index contributed by atoms with van der Waals surface area (Å²) in [5.41, 5.74) is 4.49. The van der Waals surface area contributed by atoms with E-state index in [1.807, 2.05) is 43.3 Å². The summed E-state index contributed by atoms with van der Waals surface area (Å²) in [6.45, 7) is 3.19. The largest absolute Gasteiger partial charge is 0.493 e. The van der Waals surface area contributed by atoms with E-state index < -0.39 is 6.09 Å². The number of methoxy groups -OCH3 is 2. The quantitative estimate of drug-likeness (QED) is 0.678. The fraction of sp³-hybridized carbons (Fsp3) is 0.423. The van der Waals surface area contributed by atoms with Crippen molar-refractivity contribution < 1.29 is 24.2 Å². The summed E-state index contributed by atoms with van der Waals surface area (Å²) in [6.07, 6.45) is 0.615. The molecule has 2 aromatic rings. The summed E-state index contributed by atoms with van der Waals surface area (Å²) in [7, 11) is 4.80. The molecular formula is C26H31N5O5. The smallest absolute Gasteiger partial charge is 0.407 e. The second-order valence-corrected chi connectivity index (χ2v) is 9.44. The number of carbonyl (C=O) groups excluding carboxylic acids is 1. The van der Waals surface area contributed by atoms with Crippen molar-refractivity contribution in [1.82, 2.24) is 15.2 Å². The molecule has 190 valence electrons. The van der Waals surface area contributed by atoms with Crippen LogP contribution in [0.3, 0.4) is 0 Å². The number of likely N-dealkylation sites (tertiary alicyclic amines) is 1. The third-order valence-electron chi connectivity index (χ3n) is 7.39. The molecule has 5 rings (SSSR count). The van der Waals surface area contributed by atoms with E-state index in [1.54, 1.807) is 26.2 Å². The fourth-order valence-corrected chi connectivity index (χ4v) is 5.58. The Morgan fingerprint density at radius 3 is 2.33 bits per heavy atom. The number of nitrogens with one attached hydrogen (secondary N) is 1. The number of hydrazone groups is 1. The van der Waals surface area contributed by atoms with Crippen molar-refractivity contribution in [2.45, 2.75) is 37.9 Å². The van der Waals surface area contributed by atoms with Crippen molar-refractivity contribution in [2.75, 3.05) is 39.3 Å². The molecule has 2 aromatic carbocycles. The average Bonchev–Trinajstić information content (AvgIpc) is 3.47. The molecule has 3 aliphatic heterocycles. The van der Waals surface area contributed by atoms with Gasteiger partial charge in [-0.2, -0.15) is 5.10 Å². The fourth-order valence-electron chi connectivity index (χ4n) is 5.58. The first-order chi connectivity index (χ1) is 17.3.